The quantitative estimate of drug-likeness (QED) is 0.876. The van der Waals surface area contributed by atoms with E-state index in [-0.39, 0.29) is 0 Å². The minimum absolute atomic E-state index is 0.574. The van der Waals surface area contributed by atoms with Crippen molar-refractivity contribution in [3.05, 3.63) is 63.6 Å². The standard InChI is InChI=1S/C17H19BrO2/c1-3-20-17-9-8-14(18)11-15(17)16(19)10-13-7-5-4-6-12(13)2/h4-9,11,16,19H,3,10H2,1-2H3. The number of hydrogen-bond acceptors (Lipinski definition) is 2. The van der Waals surface area contributed by atoms with Crippen LogP contribution in [0.25, 0.3) is 0 Å². The van der Waals surface area contributed by atoms with Gasteiger partial charge < -0.3 is 9.84 Å². The normalized spacial score (nSPS) is 12.2. The zero-order valence-electron chi connectivity index (χ0n) is 11.8. The molecular formula is C17H19BrO2. The molecule has 0 fully saturated rings. The molecule has 106 valence electrons. The Kier molecular flexibility index (Phi) is 5.21. The minimum Gasteiger partial charge on any atom is -0.493 e. The van der Waals surface area contributed by atoms with Gasteiger partial charge in [-0.2, -0.15) is 0 Å². The summed E-state index contributed by atoms with van der Waals surface area (Å²) in [6.45, 7) is 4.59. The summed E-state index contributed by atoms with van der Waals surface area (Å²) in [6.07, 6.45) is 0.0126. The van der Waals surface area contributed by atoms with Gasteiger partial charge in [-0.15, -0.1) is 0 Å². The molecule has 0 aromatic heterocycles. The monoisotopic (exact) mass is 334 g/mol. The van der Waals surface area contributed by atoms with E-state index >= 15 is 0 Å². The third kappa shape index (κ3) is 3.62. The summed E-state index contributed by atoms with van der Waals surface area (Å²) in [5.74, 6) is 0.747. The fourth-order valence-corrected chi connectivity index (χ4v) is 2.60. The Morgan fingerprint density at radius 3 is 2.65 bits per heavy atom. The Balaban J connectivity index is 2.26. The highest BCUT2D eigenvalue weighted by molar-refractivity contribution is 9.10. The van der Waals surface area contributed by atoms with Crippen LogP contribution in [0, 0.1) is 6.92 Å². The third-order valence-electron chi connectivity index (χ3n) is 3.31. The van der Waals surface area contributed by atoms with Gasteiger partial charge >= 0.3 is 0 Å². The van der Waals surface area contributed by atoms with Crippen molar-refractivity contribution in [2.24, 2.45) is 0 Å². The van der Waals surface area contributed by atoms with Crippen LogP contribution in [0.1, 0.15) is 29.7 Å². The molecule has 0 saturated heterocycles. The molecule has 0 bridgehead atoms. The van der Waals surface area contributed by atoms with Crippen LogP contribution in [-0.2, 0) is 6.42 Å². The van der Waals surface area contributed by atoms with Crippen molar-refractivity contribution in [3.63, 3.8) is 0 Å². The smallest absolute Gasteiger partial charge is 0.125 e. The highest BCUT2D eigenvalue weighted by Crippen LogP contribution is 2.31. The first kappa shape index (κ1) is 15.1. The predicted molar refractivity (Wildman–Crippen MR) is 85.2 cm³/mol. The van der Waals surface area contributed by atoms with Gasteiger partial charge in [0.1, 0.15) is 5.75 Å². The zero-order chi connectivity index (χ0) is 14.5. The van der Waals surface area contributed by atoms with Crippen LogP contribution in [0.2, 0.25) is 0 Å². The van der Waals surface area contributed by atoms with Crippen molar-refractivity contribution in [3.8, 4) is 5.75 Å². The largest absolute Gasteiger partial charge is 0.493 e. The lowest BCUT2D eigenvalue weighted by Crippen LogP contribution is -2.06. The Hall–Kier alpha value is -1.32. The molecule has 0 aliphatic rings. The average molecular weight is 335 g/mol. The molecule has 2 rings (SSSR count). The van der Waals surface area contributed by atoms with Crippen molar-refractivity contribution in [1.29, 1.82) is 0 Å². The van der Waals surface area contributed by atoms with Crippen molar-refractivity contribution in [2.45, 2.75) is 26.4 Å². The average Bonchev–Trinajstić information content (AvgIpc) is 2.43. The van der Waals surface area contributed by atoms with Gasteiger partial charge in [0.15, 0.2) is 0 Å². The van der Waals surface area contributed by atoms with Gasteiger partial charge in [-0.3, -0.25) is 0 Å². The number of halogens is 1. The van der Waals surface area contributed by atoms with E-state index in [1.165, 1.54) is 5.56 Å². The SMILES string of the molecule is CCOc1ccc(Br)cc1C(O)Cc1ccccc1C. The van der Waals surface area contributed by atoms with Crippen LogP contribution in [-0.4, -0.2) is 11.7 Å². The van der Waals surface area contributed by atoms with Crippen molar-refractivity contribution in [2.75, 3.05) is 6.61 Å². The molecule has 3 heteroatoms. The summed E-state index contributed by atoms with van der Waals surface area (Å²) in [5, 5.41) is 10.5. The van der Waals surface area contributed by atoms with E-state index in [4.69, 9.17) is 4.74 Å². The van der Waals surface area contributed by atoms with Crippen molar-refractivity contribution < 1.29 is 9.84 Å². The molecule has 2 nitrogen and oxygen atoms in total. The molecule has 20 heavy (non-hydrogen) atoms. The van der Waals surface area contributed by atoms with Crippen LogP contribution >= 0.6 is 15.9 Å². The Bertz CT molecular complexity index is 581. The van der Waals surface area contributed by atoms with E-state index in [0.29, 0.717) is 13.0 Å². The highest BCUT2D eigenvalue weighted by atomic mass is 79.9. The molecule has 2 aromatic rings. The molecule has 0 heterocycles. The molecule has 2 aromatic carbocycles. The maximum absolute atomic E-state index is 10.5. The third-order valence-corrected chi connectivity index (χ3v) is 3.80. The first-order valence-electron chi connectivity index (χ1n) is 6.76. The predicted octanol–water partition coefficient (Wildman–Crippen LogP) is 4.43. The first-order valence-corrected chi connectivity index (χ1v) is 7.56. The number of aryl methyl sites for hydroxylation is 1. The van der Waals surface area contributed by atoms with Gasteiger partial charge in [0.05, 0.1) is 12.7 Å². The lowest BCUT2D eigenvalue weighted by atomic mass is 9.98. The fourth-order valence-electron chi connectivity index (χ4n) is 2.22. The van der Waals surface area contributed by atoms with Gasteiger partial charge in [-0.05, 0) is 43.2 Å². The maximum Gasteiger partial charge on any atom is 0.125 e. The molecule has 0 saturated carbocycles. The molecule has 0 spiro atoms. The van der Waals surface area contributed by atoms with Gasteiger partial charge in [0.25, 0.3) is 0 Å². The summed E-state index contributed by atoms with van der Waals surface area (Å²) in [7, 11) is 0. The Morgan fingerprint density at radius 1 is 1.20 bits per heavy atom. The van der Waals surface area contributed by atoms with E-state index in [2.05, 4.69) is 35.0 Å². The van der Waals surface area contributed by atoms with Gasteiger partial charge in [0.2, 0.25) is 0 Å². The summed E-state index contributed by atoms with van der Waals surface area (Å²) in [5.41, 5.74) is 3.17. The number of aliphatic hydroxyl groups is 1. The van der Waals surface area contributed by atoms with Crippen LogP contribution in [0.5, 0.6) is 5.75 Å². The minimum atomic E-state index is -0.574. The molecule has 0 aliphatic heterocycles. The second-order valence-corrected chi connectivity index (χ2v) is 5.68. The number of benzene rings is 2. The lowest BCUT2D eigenvalue weighted by Gasteiger charge is -2.17. The lowest BCUT2D eigenvalue weighted by molar-refractivity contribution is 0.172. The Morgan fingerprint density at radius 2 is 1.95 bits per heavy atom. The molecule has 0 amide bonds. The highest BCUT2D eigenvalue weighted by Gasteiger charge is 2.15. The first-order chi connectivity index (χ1) is 9.61. The van der Waals surface area contributed by atoms with Gasteiger partial charge in [-0.1, -0.05) is 40.2 Å². The van der Waals surface area contributed by atoms with E-state index in [9.17, 15) is 5.11 Å². The summed E-state index contributed by atoms with van der Waals surface area (Å²) in [6, 6.07) is 13.9. The number of ether oxygens (including phenoxy) is 1. The number of aliphatic hydroxyl groups excluding tert-OH is 1. The van der Waals surface area contributed by atoms with Crippen LogP contribution in [0.15, 0.2) is 46.9 Å². The topological polar surface area (TPSA) is 29.5 Å². The summed E-state index contributed by atoms with van der Waals surface area (Å²) in [4.78, 5) is 0. The van der Waals surface area contributed by atoms with E-state index in [0.717, 1.165) is 21.3 Å². The summed E-state index contributed by atoms with van der Waals surface area (Å²) >= 11 is 3.45. The Labute approximate surface area is 128 Å². The van der Waals surface area contributed by atoms with E-state index < -0.39 is 6.10 Å². The molecule has 1 atom stereocenters. The van der Waals surface area contributed by atoms with Gasteiger partial charge in [0, 0.05) is 16.5 Å². The molecule has 1 unspecified atom stereocenters. The number of hydrogen-bond donors (Lipinski definition) is 1. The van der Waals surface area contributed by atoms with Crippen LogP contribution in [0.3, 0.4) is 0 Å². The summed E-state index contributed by atoms with van der Waals surface area (Å²) < 4.78 is 6.54. The van der Waals surface area contributed by atoms with Gasteiger partial charge in [-0.25, -0.2) is 0 Å². The van der Waals surface area contributed by atoms with E-state index in [1.54, 1.807) is 0 Å². The second-order valence-electron chi connectivity index (χ2n) is 4.76. The molecule has 1 N–H and O–H groups in total. The molecule has 0 aliphatic carbocycles. The zero-order valence-corrected chi connectivity index (χ0v) is 13.4. The fraction of sp³-hybridized carbons (Fsp3) is 0.294. The molecular weight excluding hydrogens is 316 g/mol. The van der Waals surface area contributed by atoms with Crippen molar-refractivity contribution >= 4 is 15.9 Å². The van der Waals surface area contributed by atoms with E-state index in [1.807, 2.05) is 37.3 Å². The van der Waals surface area contributed by atoms with Crippen LogP contribution < -0.4 is 4.74 Å². The second kappa shape index (κ2) is 6.91. The maximum atomic E-state index is 10.5. The van der Waals surface area contributed by atoms with Crippen LogP contribution in [0.4, 0.5) is 0 Å². The number of rotatable bonds is 5. The van der Waals surface area contributed by atoms with Crippen molar-refractivity contribution in [1.82, 2.24) is 0 Å². The molecule has 0 radical (unpaired) electrons.